The molecule has 5 heteroatoms. The van der Waals surface area contributed by atoms with Gasteiger partial charge in [-0.05, 0) is 0 Å². The van der Waals surface area contributed by atoms with Gasteiger partial charge in [0.2, 0.25) is 0 Å². The molecule has 140 valence electrons. The van der Waals surface area contributed by atoms with Crippen LogP contribution in [0.25, 0.3) is 0 Å². The van der Waals surface area contributed by atoms with Crippen molar-refractivity contribution in [1.82, 2.24) is 0 Å². The maximum absolute atomic E-state index is 7.25. The van der Waals surface area contributed by atoms with Gasteiger partial charge in [0.25, 0.3) is 0 Å². The molecule has 0 bridgehead atoms. The van der Waals surface area contributed by atoms with Gasteiger partial charge < -0.3 is 0 Å². The second-order valence-electron chi connectivity index (χ2n) is 7.05. The molecule has 2 aliphatic heterocycles. The van der Waals surface area contributed by atoms with Crippen LogP contribution in [-0.4, -0.2) is 29.1 Å². The minimum atomic E-state index is -2.23. The molecule has 0 aliphatic carbocycles. The summed E-state index contributed by atoms with van der Waals surface area (Å²) in [6.45, 7) is 0. The van der Waals surface area contributed by atoms with E-state index in [0.717, 1.165) is 22.1 Å². The van der Waals surface area contributed by atoms with Crippen molar-refractivity contribution in [3.63, 3.8) is 0 Å². The molecule has 3 nitrogen and oxygen atoms in total. The van der Waals surface area contributed by atoms with Crippen LogP contribution < -0.4 is 19.4 Å². The molecule has 0 radical (unpaired) electrons. The first-order chi connectivity index (χ1) is 14.4. The van der Waals surface area contributed by atoms with E-state index in [1.54, 1.807) is 0 Å². The molecule has 0 aromatic heterocycles. The molecular weight excluding hydrogens is 482 g/mol. The summed E-state index contributed by atoms with van der Waals surface area (Å²) < 4.78 is 12.5. The monoisotopic (exact) mass is 500 g/mol. The molecule has 4 aromatic rings. The third kappa shape index (κ3) is 2.93. The van der Waals surface area contributed by atoms with Gasteiger partial charge in [0.15, 0.2) is 0 Å². The van der Waals surface area contributed by atoms with Crippen molar-refractivity contribution in [3.05, 3.63) is 116 Å². The second-order valence-corrected chi connectivity index (χ2v) is 17.0. The zero-order valence-corrected chi connectivity index (χ0v) is 19.7. The Morgan fingerprint density at radius 2 is 0.897 bits per heavy atom. The standard InChI is InChI=1S/C24H18As2N2O/c1-5-13-21-17(9-1)25(18-10-2-6-14-22(18)27-21)29-26-19-11-3-7-15-23(19)28-24-16-8-4-12-20(24)26/h1-16,25-26H. The number of benzene rings is 4. The Bertz CT molecular complexity index is 1430. The fourth-order valence-electron chi connectivity index (χ4n) is 3.92. The molecule has 2 atom stereocenters. The Hall–Kier alpha value is -2.44. The van der Waals surface area contributed by atoms with Gasteiger partial charge in [-0.25, -0.2) is 0 Å². The Morgan fingerprint density at radius 1 is 0.483 bits per heavy atom. The molecular formula is C24H18As2N2O. The molecule has 0 amide bonds. The SMILES string of the molecule is c1ccc2c(c1)N=c1ccccc1=[AsH]2O[AsH]1=c2ccccc2=Nc2ccccc21. The first-order valence-corrected chi connectivity index (χ1v) is 15.5. The van der Waals surface area contributed by atoms with Gasteiger partial charge in [-0.1, -0.05) is 0 Å². The number of nitrogens with zero attached hydrogens (tertiary/aromatic N) is 2. The van der Waals surface area contributed by atoms with E-state index in [4.69, 9.17) is 12.7 Å². The van der Waals surface area contributed by atoms with Gasteiger partial charge in [-0.15, -0.1) is 0 Å². The van der Waals surface area contributed by atoms with Gasteiger partial charge >= 0.3 is 178 Å². The predicted octanol–water partition coefficient (Wildman–Crippen LogP) is 1.86. The van der Waals surface area contributed by atoms with Crippen LogP contribution in [0.15, 0.2) is 107 Å². The molecule has 0 saturated heterocycles. The summed E-state index contributed by atoms with van der Waals surface area (Å²) >= 11 is -4.45. The molecule has 2 heterocycles. The second kappa shape index (κ2) is 7.11. The molecule has 0 N–H and O–H groups in total. The summed E-state index contributed by atoms with van der Waals surface area (Å²) in [5.41, 5.74) is 2.14. The zero-order chi connectivity index (χ0) is 19.2. The van der Waals surface area contributed by atoms with Crippen LogP contribution in [0, 0.1) is 7.90 Å². The summed E-state index contributed by atoms with van der Waals surface area (Å²) in [5, 5.41) is 2.14. The average molecular weight is 500 g/mol. The van der Waals surface area contributed by atoms with Crippen molar-refractivity contribution in [2.24, 2.45) is 9.98 Å². The van der Waals surface area contributed by atoms with Crippen LogP contribution in [-0.2, 0) is 2.72 Å². The molecule has 2 unspecified atom stereocenters. The molecule has 2 aliphatic rings. The molecule has 0 spiro atoms. The van der Waals surface area contributed by atoms with E-state index in [0.29, 0.717) is 0 Å². The van der Waals surface area contributed by atoms with Gasteiger partial charge in [0, 0.05) is 0 Å². The summed E-state index contributed by atoms with van der Waals surface area (Å²) in [7, 11) is 0. The van der Waals surface area contributed by atoms with Gasteiger partial charge in [-0.2, -0.15) is 0 Å². The van der Waals surface area contributed by atoms with Crippen molar-refractivity contribution in [1.29, 1.82) is 0 Å². The van der Waals surface area contributed by atoms with E-state index >= 15 is 0 Å². The van der Waals surface area contributed by atoms with Crippen molar-refractivity contribution in [2.45, 2.75) is 0 Å². The van der Waals surface area contributed by atoms with Crippen LogP contribution in [0.1, 0.15) is 0 Å². The van der Waals surface area contributed by atoms with Crippen LogP contribution >= 0.6 is 0 Å². The molecule has 0 saturated carbocycles. The third-order valence-corrected chi connectivity index (χ3v) is 18.2. The number of fused-ring (bicyclic) bond motifs is 4. The molecule has 0 fully saturated rings. The van der Waals surface area contributed by atoms with Crippen molar-refractivity contribution >= 4 is 49.2 Å². The van der Waals surface area contributed by atoms with Gasteiger partial charge in [0.05, 0.1) is 0 Å². The summed E-state index contributed by atoms with van der Waals surface area (Å²) in [5.74, 6) is 0. The van der Waals surface area contributed by atoms with Gasteiger partial charge in [0.1, 0.15) is 0 Å². The first kappa shape index (κ1) is 17.4. The molecule has 6 rings (SSSR count). The Balaban J connectivity index is 1.69. The first-order valence-electron chi connectivity index (χ1n) is 9.61. The zero-order valence-electron chi connectivity index (χ0n) is 15.5. The summed E-state index contributed by atoms with van der Waals surface area (Å²) in [6, 6.07) is 34.0. The molecule has 4 aromatic carbocycles. The summed E-state index contributed by atoms with van der Waals surface area (Å²) in [4.78, 5) is 9.81. The minimum absolute atomic E-state index is 1.07. The number of rotatable bonds is 2. The number of hydrogen-bond acceptors (Lipinski definition) is 3. The van der Waals surface area contributed by atoms with E-state index in [1.165, 1.54) is 16.6 Å². The van der Waals surface area contributed by atoms with Crippen LogP contribution in [0.5, 0.6) is 0 Å². The van der Waals surface area contributed by atoms with Crippen molar-refractivity contribution in [2.75, 3.05) is 0 Å². The normalized spacial score (nSPS) is 18.3. The van der Waals surface area contributed by atoms with E-state index in [1.807, 2.05) is 0 Å². The number of hydrogen-bond donors (Lipinski definition) is 0. The topological polar surface area (TPSA) is 34.0 Å². The summed E-state index contributed by atoms with van der Waals surface area (Å²) in [6.07, 6.45) is 0. The molecule has 29 heavy (non-hydrogen) atoms. The fraction of sp³-hybridized carbons (Fsp3) is 0. The van der Waals surface area contributed by atoms with Crippen LogP contribution in [0.4, 0.5) is 11.4 Å². The van der Waals surface area contributed by atoms with Crippen molar-refractivity contribution < 1.29 is 2.72 Å². The Labute approximate surface area is 177 Å². The van der Waals surface area contributed by atoms with E-state index in [9.17, 15) is 0 Å². The van der Waals surface area contributed by atoms with Gasteiger partial charge in [-0.3, -0.25) is 0 Å². The van der Waals surface area contributed by atoms with E-state index < -0.39 is 29.1 Å². The quantitative estimate of drug-likeness (QED) is 0.387. The van der Waals surface area contributed by atoms with E-state index in [-0.39, 0.29) is 0 Å². The fourth-order valence-corrected chi connectivity index (χ4v) is 18.7. The Kier molecular flexibility index (Phi) is 4.27. The van der Waals surface area contributed by atoms with Crippen LogP contribution in [0.3, 0.4) is 0 Å². The van der Waals surface area contributed by atoms with E-state index in [2.05, 4.69) is 97.1 Å². The van der Waals surface area contributed by atoms with Crippen LogP contribution in [0.2, 0.25) is 0 Å². The predicted molar refractivity (Wildman–Crippen MR) is 120 cm³/mol. The van der Waals surface area contributed by atoms with Crippen molar-refractivity contribution in [3.8, 4) is 0 Å². The maximum atomic E-state index is 7.25. The third-order valence-electron chi connectivity index (χ3n) is 5.28. The number of para-hydroxylation sites is 4. The average Bonchev–Trinajstić information content (AvgIpc) is 2.78. The Morgan fingerprint density at radius 3 is 1.41 bits per heavy atom.